The number of carbonyl (C=O) groups is 1. The fourth-order valence-corrected chi connectivity index (χ4v) is 2.33. The molecule has 3 rings (SSSR count). The number of amides is 1. The molecule has 1 aliphatic heterocycles. The van der Waals surface area contributed by atoms with Gasteiger partial charge in [0.25, 0.3) is 5.91 Å². The van der Waals surface area contributed by atoms with Crippen molar-refractivity contribution in [3.63, 3.8) is 0 Å². The lowest BCUT2D eigenvalue weighted by molar-refractivity contribution is -0.113. The number of aromatic nitrogens is 2. The van der Waals surface area contributed by atoms with E-state index in [4.69, 9.17) is 4.74 Å². The monoisotopic (exact) mass is 333 g/mol. The molecule has 0 aliphatic carbocycles. The van der Waals surface area contributed by atoms with Crippen molar-refractivity contribution in [2.75, 3.05) is 11.9 Å². The standard InChI is InChI=1S/C14H12BrN3O2/c1-8-6-16-18-13(8)17-14(19)10-4-9-5-11(15)2-3-12(9)20-7-10/h2-6H,7H2,1H3,(H2,16,17,18,19). The molecule has 0 fully saturated rings. The van der Waals surface area contributed by atoms with Gasteiger partial charge in [-0.1, -0.05) is 15.9 Å². The quantitative estimate of drug-likeness (QED) is 0.887. The van der Waals surface area contributed by atoms with Crippen LogP contribution in [0, 0.1) is 6.92 Å². The first-order valence-electron chi connectivity index (χ1n) is 6.08. The van der Waals surface area contributed by atoms with Crippen molar-refractivity contribution in [3.05, 3.63) is 45.6 Å². The first-order valence-corrected chi connectivity index (χ1v) is 6.87. The number of anilines is 1. The lowest BCUT2D eigenvalue weighted by atomic mass is 10.1. The number of carbonyl (C=O) groups excluding carboxylic acids is 1. The minimum atomic E-state index is -0.192. The number of halogens is 1. The zero-order valence-electron chi connectivity index (χ0n) is 10.7. The number of benzene rings is 1. The molecule has 1 amide bonds. The molecule has 1 aromatic carbocycles. The number of aryl methyl sites for hydroxylation is 1. The van der Waals surface area contributed by atoms with Crippen LogP contribution in [0.3, 0.4) is 0 Å². The average molecular weight is 334 g/mol. The van der Waals surface area contributed by atoms with E-state index in [9.17, 15) is 4.79 Å². The van der Waals surface area contributed by atoms with E-state index in [-0.39, 0.29) is 12.5 Å². The van der Waals surface area contributed by atoms with Gasteiger partial charge >= 0.3 is 0 Å². The van der Waals surface area contributed by atoms with E-state index in [0.717, 1.165) is 21.3 Å². The molecule has 0 saturated carbocycles. The second-order valence-corrected chi connectivity index (χ2v) is 5.44. The van der Waals surface area contributed by atoms with Crippen molar-refractivity contribution in [2.45, 2.75) is 6.92 Å². The van der Waals surface area contributed by atoms with Crippen molar-refractivity contribution in [1.82, 2.24) is 10.2 Å². The fraction of sp³-hybridized carbons (Fsp3) is 0.143. The van der Waals surface area contributed by atoms with Gasteiger partial charge in [-0.3, -0.25) is 9.89 Å². The molecule has 5 nitrogen and oxygen atoms in total. The number of hydrogen-bond acceptors (Lipinski definition) is 3. The zero-order chi connectivity index (χ0) is 14.1. The van der Waals surface area contributed by atoms with Crippen molar-refractivity contribution in [2.24, 2.45) is 0 Å². The molecular weight excluding hydrogens is 322 g/mol. The van der Waals surface area contributed by atoms with Crippen LogP contribution in [0.15, 0.2) is 34.4 Å². The average Bonchev–Trinajstić information content (AvgIpc) is 2.83. The Labute approximate surface area is 124 Å². The van der Waals surface area contributed by atoms with E-state index in [2.05, 4.69) is 31.4 Å². The van der Waals surface area contributed by atoms with Gasteiger partial charge in [0.1, 0.15) is 18.2 Å². The summed E-state index contributed by atoms with van der Waals surface area (Å²) in [6.07, 6.45) is 3.50. The summed E-state index contributed by atoms with van der Waals surface area (Å²) in [5, 5.41) is 9.41. The topological polar surface area (TPSA) is 67.0 Å². The molecule has 0 unspecified atom stereocenters. The Morgan fingerprint density at radius 3 is 3.10 bits per heavy atom. The largest absolute Gasteiger partial charge is 0.488 e. The van der Waals surface area contributed by atoms with Crippen LogP contribution >= 0.6 is 15.9 Å². The summed E-state index contributed by atoms with van der Waals surface area (Å²) < 4.78 is 6.53. The number of fused-ring (bicyclic) bond motifs is 1. The first-order chi connectivity index (χ1) is 9.63. The Balaban J connectivity index is 1.84. The third kappa shape index (κ3) is 2.46. The van der Waals surface area contributed by atoms with E-state index >= 15 is 0 Å². The Morgan fingerprint density at radius 1 is 1.50 bits per heavy atom. The van der Waals surface area contributed by atoms with Crippen LogP contribution in [0.5, 0.6) is 5.75 Å². The molecule has 0 spiro atoms. The highest BCUT2D eigenvalue weighted by Crippen LogP contribution is 2.29. The van der Waals surface area contributed by atoms with Gasteiger partial charge in [-0.25, -0.2) is 0 Å². The number of nitrogens with zero attached hydrogens (tertiary/aromatic N) is 1. The van der Waals surface area contributed by atoms with E-state index in [1.165, 1.54) is 0 Å². The summed E-state index contributed by atoms with van der Waals surface area (Å²) in [7, 11) is 0. The van der Waals surface area contributed by atoms with Crippen LogP contribution in [0.2, 0.25) is 0 Å². The second kappa shape index (κ2) is 5.13. The van der Waals surface area contributed by atoms with Gasteiger partial charge in [-0.05, 0) is 31.2 Å². The summed E-state index contributed by atoms with van der Waals surface area (Å²) in [6.45, 7) is 2.13. The fourth-order valence-electron chi connectivity index (χ4n) is 1.95. The van der Waals surface area contributed by atoms with E-state index in [0.29, 0.717) is 11.4 Å². The van der Waals surface area contributed by atoms with Gasteiger partial charge in [-0.2, -0.15) is 5.10 Å². The van der Waals surface area contributed by atoms with Gasteiger partial charge in [0.15, 0.2) is 0 Å². The molecule has 6 heteroatoms. The molecule has 0 radical (unpaired) electrons. The van der Waals surface area contributed by atoms with Crippen molar-refractivity contribution in [1.29, 1.82) is 0 Å². The number of rotatable bonds is 2. The first kappa shape index (κ1) is 12.9. The highest BCUT2D eigenvalue weighted by atomic mass is 79.9. The predicted octanol–water partition coefficient (Wildman–Crippen LogP) is 2.90. The highest BCUT2D eigenvalue weighted by Gasteiger charge is 2.18. The summed E-state index contributed by atoms with van der Waals surface area (Å²) >= 11 is 3.41. The minimum Gasteiger partial charge on any atom is -0.488 e. The SMILES string of the molecule is Cc1cn[nH]c1NC(=O)C1=Cc2cc(Br)ccc2OC1. The van der Waals surface area contributed by atoms with Gasteiger partial charge in [-0.15, -0.1) is 0 Å². The second-order valence-electron chi connectivity index (χ2n) is 4.52. The predicted molar refractivity (Wildman–Crippen MR) is 79.6 cm³/mol. The van der Waals surface area contributed by atoms with E-state index in [1.807, 2.05) is 31.2 Å². The molecule has 2 heterocycles. The molecule has 1 aliphatic rings. The Morgan fingerprint density at radius 2 is 2.35 bits per heavy atom. The number of ether oxygens (including phenoxy) is 1. The highest BCUT2D eigenvalue weighted by molar-refractivity contribution is 9.10. The number of aromatic amines is 1. The summed E-state index contributed by atoms with van der Waals surface area (Å²) in [5.41, 5.74) is 2.35. The van der Waals surface area contributed by atoms with Gasteiger partial charge < -0.3 is 10.1 Å². The molecule has 2 aromatic rings. The van der Waals surface area contributed by atoms with Crippen LogP contribution in [0.4, 0.5) is 5.82 Å². The molecule has 102 valence electrons. The number of nitrogens with one attached hydrogen (secondary N) is 2. The van der Waals surface area contributed by atoms with Gasteiger partial charge in [0.2, 0.25) is 0 Å². The summed E-state index contributed by atoms with van der Waals surface area (Å²) in [5.74, 6) is 1.20. The lowest BCUT2D eigenvalue weighted by Crippen LogP contribution is -2.21. The van der Waals surface area contributed by atoms with Crippen molar-refractivity contribution < 1.29 is 9.53 Å². The van der Waals surface area contributed by atoms with Gasteiger partial charge in [0, 0.05) is 15.6 Å². The number of H-pyrrole nitrogens is 1. The third-order valence-corrected chi connectivity index (χ3v) is 3.54. The minimum absolute atomic E-state index is 0.192. The maximum atomic E-state index is 12.2. The van der Waals surface area contributed by atoms with Crippen molar-refractivity contribution in [3.8, 4) is 5.75 Å². The van der Waals surface area contributed by atoms with E-state index < -0.39 is 0 Å². The summed E-state index contributed by atoms with van der Waals surface area (Å²) in [4.78, 5) is 12.2. The lowest BCUT2D eigenvalue weighted by Gasteiger charge is -2.17. The van der Waals surface area contributed by atoms with Crippen LogP contribution < -0.4 is 10.1 Å². The molecule has 0 atom stereocenters. The maximum Gasteiger partial charge on any atom is 0.256 e. The third-order valence-electron chi connectivity index (χ3n) is 3.04. The Kier molecular flexibility index (Phi) is 3.31. The van der Waals surface area contributed by atoms with Crippen molar-refractivity contribution >= 4 is 33.7 Å². The zero-order valence-corrected chi connectivity index (χ0v) is 12.3. The molecule has 2 N–H and O–H groups in total. The summed E-state index contributed by atoms with van der Waals surface area (Å²) in [6, 6.07) is 5.71. The molecule has 0 bridgehead atoms. The number of hydrogen-bond donors (Lipinski definition) is 2. The molecular formula is C14H12BrN3O2. The smallest absolute Gasteiger partial charge is 0.256 e. The Hall–Kier alpha value is -2.08. The van der Waals surface area contributed by atoms with Crippen LogP contribution in [-0.4, -0.2) is 22.7 Å². The maximum absolute atomic E-state index is 12.2. The van der Waals surface area contributed by atoms with Crippen LogP contribution in [0.25, 0.3) is 6.08 Å². The van der Waals surface area contributed by atoms with E-state index in [1.54, 1.807) is 6.20 Å². The normalized spacial score (nSPS) is 13.2. The van der Waals surface area contributed by atoms with Crippen LogP contribution in [-0.2, 0) is 4.79 Å². The van der Waals surface area contributed by atoms with Crippen LogP contribution in [0.1, 0.15) is 11.1 Å². The molecule has 0 saturated heterocycles. The Bertz CT molecular complexity index is 706. The van der Waals surface area contributed by atoms with Gasteiger partial charge in [0.05, 0.1) is 11.8 Å². The molecule has 20 heavy (non-hydrogen) atoms. The molecule has 1 aromatic heterocycles.